The van der Waals surface area contributed by atoms with Gasteiger partial charge in [-0.05, 0) is 30.2 Å². The molecule has 0 saturated carbocycles. The van der Waals surface area contributed by atoms with Gasteiger partial charge >= 0.3 is 0 Å². The van der Waals surface area contributed by atoms with E-state index in [4.69, 9.17) is 15.2 Å². The molecule has 0 radical (unpaired) electrons. The van der Waals surface area contributed by atoms with E-state index < -0.39 is 0 Å². The topological polar surface area (TPSA) is 64.8 Å². The van der Waals surface area contributed by atoms with Crippen LogP contribution >= 0.6 is 0 Å². The first-order valence-electron chi connectivity index (χ1n) is 7.20. The molecule has 0 fully saturated rings. The summed E-state index contributed by atoms with van der Waals surface area (Å²) < 4.78 is 10.5. The molecule has 0 aliphatic carbocycles. The number of hydrogen-bond acceptors (Lipinski definition) is 4. The van der Waals surface area contributed by atoms with Crippen LogP contribution in [0.25, 0.3) is 0 Å². The van der Waals surface area contributed by atoms with E-state index >= 15 is 0 Å². The van der Waals surface area contributed by atoms with Crippen molar-refractivity contribution < 1.29 is 14.3 Å². The van der Waals surface area contributed by atoms with E-state index in [-0.39, 0.29) is 11.8 Å². The summed E-state index contributed by atoms with van der Waals surface area (Å²) in [6, 6.07) is 5.68. The van der Waals surface area contributed by atoms with Gasteiger partial charge in [-0.1, -0.05) is 19.4 Å². The number of hydrogen-bond donors (Lipinski definition) is 1. The van der Waals surface area contributed by atoms with Gasteiger partial charge in [0.25, 0.3) is 0 Å². The minimum atomic E-state index is 0.113. The maximum Gasteiger partial charge on any atom is 0.222 e. The molecule has 5 heteroatoms. The normalized spacial score (nSPS) is 11.9. The van der Waals surface area contributed by atoms with Crippen molar-refractivity contribution in [2.24, 2.45) is 11.7 Å². The Labute approximate surface area is 127 Å². The number of carbonyl (C=O) groups excluding carboxylic acids is 1. The lowest BCUT2D eigenvalue weighted by atomic mass is 10.0. The predicted octanol–water partition coefficient (Wildman–Crippen LogP) is 2.04. The lowest BCUT2D eigenvalue weighted by Gasteiger charge is -2.20. The second-order valence-electron chi connectivity index (χ2n) is 5.15. The van der Waals surface area contributed by atoms with Crippen molar-refractivity contribution in [2.45, 2.75) is 26.3 Å². The Bertz CT molecular complexity index is 459. The maximum atomic E-state index is 12.2. The molecule has 1 amide bonds. The Morgan fingerprint density at radius 3 is 2.48 bits per heavy atom. The number of methoxy groups -OCH3 is 2. The molecule has 1 rings (SSSR count). The molecule has 0 aliphatic heterocycles. The van der Waals surface area contributed by atoms with Crippen LogP contribution in [0.4, 0.5) is 0 Å². The van der Waals surface area contributed by atoms with Crippen molar-refractivity contribution in [1.29, 1.82) is 0 Å². The third kappa shape index (κ3) is 4.93. The van der Waals surface area contributed by atoms with Crippen molar-refractivity contribution in [3.8, 4) is 11.5 Å². The molecule has 0 aromatic heterocycles. The molecular formula is C16H26N2O3. The van der Waals surface area contributed by atoms with Crippen molar-refractivity contribution in [3.63, 3.8) is 0 Å². The average Bonchev–Trinajstić information content (AvgIpc) is 2.51. The van der Waals surface area contributed by atoms with Crippen LogP contribution in [0.3, 0.4) is 0 Å². The Balaban J connectivity index is 2.69. The van der Waals surface area contributed by atoms with Crippen molar-refractivity contribution >= 4 is 5.91 Å². The van der Waals surface area contributed by atoms with E-state index in [0.29, 0.717) is 31.0 Å². The molecule has 1 unspecified atom stereocenters. The minimum absolute atomic E-state index is 0.113. The van der Waals surface area contributed by atoms with Crippen LogP contribution in [0.1, 0.15) is 25.3 Å². The summed E-state index contributed by atoms with van der Waals surface area (Å²) in [6.45, 7) is 3.14. The lowest BCUT2D eigenvalue weighted by molar-refractivity contribution is -0.131. The number of nitrogens with zero attached hydrogens (tertiary/aromatic N) is 1. The highest BCUT2D eigenvalue weighted by molar-refractivity contribution is 5.76. The van der Waals surface area contributed by atoms with E-state index in [1.807, 2.05) is 25.2 Å². The highest BCUT2D eigenvalue weighted by Crippen LogP contribution is 2.28. The van der Waals surface area contributed by atoms with Crippen LogP contribution in [0, 0.1) is 5.92 Å². The van der Waals surface area contributed by atoms with Crippen LogP contribution in [-0.2, 0) is 11.3 Å². The molecule has 1 atom stereocenters. The first-order chi connectivity index (χ1) is 10.0. The molecule has 0 saturated heterocycles. The van der Waals surface area contributed by atoms with Crippen LogP contribution < -0.4 is 15.2 Å². The highest BCUT2D eigenvalue weighted by atomic mass is 16.5. The molecule has 0 spiro atoms. The largest absolute Gasteiger partial charge is 0.493 e. The summed E-state index contributed by atoms with van der Waals surface area (Å²) in [7, 11) is 5.01. The van der Waals surface area contributed by atoms with Gasteiger partial charge in [0.05, 0.1) is 14.2 Å². The van der Waals surface area contributed by atoms with Gasteiger partial charge in [-0.25, -0.2) is 0 Å². The smallest absolute Gasteiger partial charge is 0.222 e. The quantitative estimate of drug-likeness (QED) is 0.797. The van der Waals surface area contributed by atoms with Gasteiger partial charge in [-0.15, -0.1) is 0 Å². The van der Waals surface area contributed by atoms with Crippen LogP contribution in [-0.4, -0.2) is 38.6 Å². The first-order valence-corrected chi connectivity index (χ1v) is 7.20. The van der Waals surface area contributed by atoms with Crippen LogP contribution in [0.2, 0.25) is 0 Å². The Morgan fingerprint density at radius 1 is 1.29 bits per heavy atom. The monoisotopic (exact) mass is 294 g/mol. The summed E-state index contributed by atoms with van der Waals surface area (Å²) in [5.74, 6) is 1.72. The predicted molar refractivity (Wildman–Crippen MR) is 83.5 cm³/mol. The second-order valence-corrected chi connectivity index (χ2v) is 5.15. The number of benzene rings is 1. The average molecular weight is 294 g/mol. The first kappa shape index (κ1) is 17.3. The standard InChI is InChI=1S/C16H26N2O3/c1-5-12(10-17)9-16(19)18(2)11-13-6-7-14(20-3)15(8-13)21-4/h6-8,12H,5,9-11,17H2,1-4H3. The second kappa shape index (κ2) is 8.52. The van der Waals surface area contributed by atoms with Gasteiger partial charge in [0.1, 0.15) is 0 Å². The third-order valence-corrected chi connectivity index (χ3v) is 3.67. The van der Waals surface area contributed by atoms with Gasteiger partial charge in [0, 0.05) is 20.0 Å². The molecule has 0 heterocycles. The Kier molecular flexibility index (Phi) is 7.02. The third-order valence-electron chi connectivity index (χ3n) is 3.67. The lowest BCUT2D eigenvalue weighted by Crippen LogP contribution is -2.29. The SMILES string of the molecule is CCC(CN)CC(=O)N(C)Cc1ccc(OC)c(OC)c1. The highest BCUT2D eigenvalue weighted by Gasteiger charge is 2.15. The van der Waals surface area contributed by atoms with Gasteiger partial charge in [-0.3, -0.25) is 4.79 Å². The number of ether oxygens (including phenoxy) is 2. The van der Waals surface area contributed by atoms with Gasteiger partial charge in [-0.2, -0.15) is 0 Å². The Hall–Kier alpha value is -1.75. The van der Waals surface area contributed by atoms with Gasteiger partial charge < -0.3 is 20.1 Å². The van der Waals surface area contributed by atoms with Gasteiger partial charge in [0.15, 0.2) is 11.5 Å². The molecule has 2 N–H and O–H groups in total. The fourth-order valence-electron chi connectivity index (χ4n) is 2.14. The van der Waals surface area contributed by atoms with Crippen LogP contribution in [0.5, 0.6) is 11.5 Å². The Morgan fingerprint density at radius 2 is 1.95 bits per heavy atom. The number of amides is 1. The number of carbonyl (C=O) groups is 1. The summed E-state index contributed by atoms with van der Waals surface area (Å²) in [4.78, 5) is 13.9. The van der Waals surface area contributed by atoms with E-state index in [0.717, 1.165) is 12.0 Å². The molecule has 1 aromatic carbocycles. The molecule has 0 aliphatic rings. The summed E-state index contributed by atoms with van der Waals surface area (Å²) in [5.41, 5.74) is 6.66. The molecule has 0 bridgehead atoms. The summed E-state index contributed by atoms with van der Waals surface area (Å²) in [6.07, 6.45) is 1.42. The molecule has 118 valence electrons. The fourth-order valence-corrected chi connectivity index (χ4v) is 2.14. The maximum absolute atomic E-state index is 12.2. The van der Waals surface area contributed by atoms with E-state index in [1.54, 1.807) is 19.1 Å². The molecule has 21 heavy (non-hydrogen) atoms. The number of nitrogens with two attached hydrogens (primary N) is 1. The zero-order valence-electron chi connectivity index (χ0n) is 13.4. The molecule has 5 nitrogen and oxygen atoms in total. The summed E-state index contributed by atoms with van der Waals surface area (Å²) >= 11 is 0. The fraction of sp³-hybridized carbons (Fsp3) is 0.562. The molecule has 1 aromatic rings. The van der Waals surface area contributed by atoms with Gasteiger partial charge in [0.2, 0.25) is 5.91 Å². The van der Waals surface area contributed by atoms with Crippen molar-refractivity contribution in [2.75, 3.05) is 27.8 Å². The van der Waals surface area contributed by atoms with Crippen molar-refractivity contribution in [1.82, 2.24) is 4.90 Å². The minimum Gasteiger partial charge on any atom is -0.493 e. The zero-order chi connectivity index (χ0) is 15.8. The zero-order valence-corrected chi connectivity index (χ0v) is 13.4. The summed E-state index contributed by atoms with van der Waals surface area (Å²) in [5, 5.41) is 0. The van der Waals surface area contributed by atoms with Crippen molar-refractivity contribution in [3.05, 3.63) is 23.8 Å². The molecular weight excluding hydrogens is 268 g/mol. The van der Waals surface area contributed by atoms with Crippen LogP contribution in [0.15, 0.2) is 18.2 Å². The number of rotatable bonds is 8. The van der Waals surface area contributed by atoms with E-state index in [2.05, 4.69) is 6.92 Å². The van der Waals surface area contributed by atoms with E-state index in [9.17, 15) is 4.79 Å². The van der Waals surface area contributed by atoms with E-state index in [1.165, 1.54) is 0 Å².